The number of aryl methyl sites for hydroxylation is 1. The third-order valence-electron chi connectivity index (χ3n) is 3.90. The minimum absolute atomic E-state index is 0.235. The third-order valence-corrected chi connectivity index (χ3v) is 5.16. The average Bonchev–Trinajstić information content (AvgIpc) is 2.65. The van der Waals surface area contributed by atoms with Gasteiger partial charge in [-0.05, 0) is 55.8 Å². The Labute approximate surface area is 169 Å². The number of halogens is 1. The molecule has 0 bridgehead atoms. The highest BCUT2D eigenvalue weighted by molar-refractivity contribution is 7.91. The third kappa shape index (κ3) is 6.15. The van der Waals surface area contributed by atoms with Crippen molar-refractivity contribution in [3.05, 3.63) is 71.8 Å². The lowest BCUT2D eigenvalue weighted by atomic mass is 10.2. The van der Waals surface area contributed by atoms with Gasteiger partial charge in [0.25, 0.3) is 0 Å². The fourth-order valence-corrected chi connectivity index (χ4v) is 3.89. The van der Waals surface area contributed by atoms with Crippen LogP contribution in [0.15, 0.2) is 54.6 Å². The van der Waals surface area contributed by atoms with Crippen molar-refractivity contribution in [1.29, 1.82) is 0 Å². The van der Waals surface area contributed by atoms with E-state index in [1.165, 1.54) is 24.3 Å². The number of sulfonamides is 1. The summed E-state index contributed by atoms with van der Waals surface area (Å²) in [4.78, 5) is 8.64. The van der Waals surface area contributed by atoms with Crippen molar-refractivity contribution in [3.63, 3.8) is 0 Å². The molecule has 0 aliphatic carbocycles. The summed E-state index contributed by atoms with van der Waals surface area (Å²) in [5, 5.41) is 6.32. The van der Waals surface area contributed by atoms with Crippen LogP contribution >= 0.6 is 0 Å². The van der Waals surface area contributed by atoms with Gasteiger partial charge in [0.2, 0.25) is 10.0 Å². The first-order valence-electron chi connectivity index (χ1n) is 9.04. The molecule has 2 aromatic carbocycles. The SMILES string of the molecule is CCNc1cc(Nc2ccc(NS(=O)(=O)Cc3ccc(F)cc3)cc2)nc(C)n1. The molecule has 0 saturated heterocycles. The lowest BCUT2D eigenvalue weighted by Crippen LogP contribution is -2.15. The number of hydrogen-bond donors (Lipinski definition) is 3. The lowest BCUT2D eigenvalue weighted by molar-refractivity contribution is 0.600. The van der Waals surface area contributed by atoms with Gasteiger partial charge in [0.1, 0.15) is 23.3 Å². The van der Waals surface area contributed by atoms with E-state index in [1.54, 1.807) is 30.3 Å². The van der Waals surface area contributed by atoms with Crippen molar-refractivity contribution in [2.45, 2.75) is 19.6 Å². The molecule has 0 fully saturated rings. The quantitative estimate of drug-likeness (QED) is 0.514. The van der Waals surface area contributed by atoms with Gasteiger partial charge in [-0.15, -0.1) is 0 Å². The molecule has 0 aliphatic rings. The number of nitrogens with zero attached hydrogens (tertiary/aromatic N) is 2. The van der Waals surface area contributed by atoms with Crippen LogP contribution in [0, 0.1) is 12.7 Å². The van der Waals surface area contributed by atoms with Gasteiger partial charge in [0.05, 0.1) is 5.75 Å². The Morgan fingerprint density at radius 2 is 1.55 bits per heavy atom. The summed E-state index contributed by atoms with van der Waals surface area (Å²) in [7, 11) is -3.61. The van der Waals surface area contributed by atoms with Crippen LogP contribution < -0.4 is 15.4 Å². The highest BCUT2D eigenvalue weighted by atomic mass is 32.2. The molecule has 0 saturated carbocycles. The largest absolute Gasteiger partial charge is 0.370 e. The molecule has 3 aromatic rings. The van der Waals surface area contributed by atoms with E-state index >= 15 is 0 Å². The maximum absolute atomic E-state index is 13.0. The summed E-state index contributed by atoms with van der Waals surface area (Å²) in [6, 6.07) is 14.0. The predicted molar refractivity (Wildman–Crippen MR) is 113 cm³/mol. The Balaban J connectivity index is 1.66. The molecular formula is C20H22FN5O2S. The van der Waals surface area contributed by atoms with Gasteiger partial charge in [-0.3, -0.25) is 4.72 Å². The summed E-state index contributed by atoms with van der Waals surface area (Å²) in [5.41, 5.74) is 1.70. The van der Waals surface area contributed by atoms with Crippen molar-refractivity contribution in [1.82, 2.24) is 9.97 Å². The van der Waals surface area contributed by atoms with Crippen molar-refractivity contribution in [2.24, 2.45) is 0 Å². The van der Waals surface area contributed by atoms with Gasteiger partial charge in [-0.1, -0.05) is 12.1 Å². The Morgan fingerprint density at radius 3 is 2.21 bits per heavy atom. The second-order valence-corrected chi connectivity index (χ2v) is 8.13. The second-order valence-electron chi connectivity index (χ2n) is 6.41. The first kappa shape index (κ1) is 20.5. The topological polar surface area (TPSA) is 96.0 Å². The van der Waals surface area contributed by atoms with E-state index < -0.39 is 15.8 Å². The van der Waals surface area contributed by atoms with Crippen LogP contribution in [-0.2, 0) is 15.8 Å². The van der Waals surface area contributed by atoms with Crippen LogP contribution in [0.3, 0.4) is 0 Å². The van der Waals surface area contributed by atoms with Gasteiger partial charge in [-0.25, -0.2) is 22.8 Å². The fourth-order valence-electron chi connectivity index (χ4n) is 2.69. The van der Waals surface area contributed by atoms with Crippen LogP contribution in [0.5, 0.6) is 0 Å². The molecule has 1 heterocycles. The molecular weight excluding hydrogens is 393 g/mol. The minimum Gasteiger partial charge on any atom is -0.370 e. The zero-order valence-electron chi connectivity index (χ0n) is 16.1. The molecule has 0 atom stereocenters. The molecule has 1 aromatic heterocycles. The highest BCUT2D eigenvalue weighted by Crippen LogP contribution is 2.21. The highest BCUT2D eigenvalue weighted by Gasteiger charge is 2.12. The Bertz CT molecular complexity index is 1070. The number of rotatable bonds is 8. The molecule has 152 valence electrons. The Hall–Kier alpha value is -3.20. The summed E-state index contributed by atoms with van der Waals surface area (Å²) < 4.78 is 40.1. The van der Waals surface area contributed by atoms with Crippen molar-refractivity contribution in [2.75, 3.05) is 21.9 Å². The zero-order valence-corrected chi connectivity index (χ0v) is 16.9. The maximum Gasteiger partial charge on any atom is 0.236 e. The van der Waals surface area contributed by atoms with E-state index in [0.29, 0.717) is 22.9 Å². The van der Waals surface area contributed by atoms with Gasteiger partial charge in [0.15, 0.2) is 0 Å². The van der Waals surface area contributed by atoms with Crippen molar-refractivity contribution in [3.8, 4) is 0 Å². The monoisotopic (exact) mass is 415 g/mol. The van der Waals surface area contributed by atoms with Crippen LogP contribution in [0.2, 0.25) is 0 Å². The van der Waals surface area contributed by atoms with E-state index in [0.717, 1.165) is 18.1 Å². The number of aromatic nitrogens is 2. The van der Waals surface area contributed by atoms with Crippen LogP contribution in [0.4, 0.5) is 27.4 Å². The molecule has 3 N–H and O–H groups in total. The summed E-state index contributed by atoms with van der Waals surface area (Å²) in [6.45, 7) is 4.55. The van der Waals surface area contributed by atoms with Crippen LogP contribution in [0.1, 0.15) is 18.3 Å². The molecule has 29 heavy (non-hydrogen) atoms. The molecule has 9 heteroatoms. The van der Waals surface area contributed by atoms with Crippen molar-refractivity contribution < 1.29 is 12.8 Å². The van der Waals surface area contributed by atoms with Gasteiger partial charge < -0.3 is 10.6 Å². The number of benzene rings is 2. The lowest BCUT2D eigenvalue weighted by Gasteiger charge is -2.11. The molecule has 0 amide bonds. The smallest absolute Gasteiger partial charge is 0.236 e. The predicted octanol–water partition coefficient (Wildman–Crippen LogP) is 4.04. The van der Waals surface area contributed by atoms with E-state index in [4.69, 9.17) is 0 Å². The van der Waals surface area contributed by atoms with Gasteiger partial charge >= 0.3 is 0 Å². The summed E-state index contributed by atoms with van der Waals surface area (Å²) in [5.74, 6) is 1.36. The van der Waals surface area contributed by atoms with E-state index in [1.807, 2.05) is 13.8 Å². The Kier molecular flexibility index (Phi) is 6.28. The van der Waals surface area contributed by atoms with Crippen molar-refractivity contribution >= 4 is 33.0 Å². The zero-order chi connectivity index (χ0) is 20.9. The number of hydrogen-bond acceptors (Lipinski definition) is 6. The summed E-state index contributed by atoms with van der Waals surface area (Å²) >= 11 is 0. The van der Waals surface area contributed by atoms with Crippen LogP contribution in [0.25, 0.3) is 0 Å². The van der Waals surface area contributed by atoms with E-state index in [9.17, 15) is 12.8 Å². The Morgan fingerprint density at radius 1 is 0.931 bits per heavy atom. The summed E-state index contributed by atoms with van der Waals surface area (Å²) in [6.07, 6.45) is 0. The maximum atomic E-state index is 13.0. The van der Waals surface area contributed by atoms with E-state index in [2.05, 4.69) is 25.3 Å². The average molecular weight is 415 g/mol. The molecule has 7 nitrogen and oxygen atoms in total. The normalized spacial score (nSPS) is 11.1. The molecule has 0 radical (unpaired) electrons. The van der Waals surface area contributed by atoms with E-state index in [-0.39, 0.29) is 5.75 Å². The standard InChI is InChI=1S/C20H22FN5O2S/c1-3-22-19-12-20(24-14(2)23-19)25-17-8-10-18(11-9-17)26-29(27,28)13-15-4-6-16(21)7-5-15/h4-12,26H,3,13H2,1-2H3,(H2,22,23,24,25). The fraction of sp³-hybridized carbons (Fsp3) is 0.200. The molecule has 3 rings (SSSR count). The first-order chi connectivity index (χ1) is 13.8. The van der Waals surface area contributed by atoms with Gasteiger partial charge in [-0.2, -0.15) is 0 Å². The molecule has 0 unspecified atom stereocenters. The minimum atomic E-state index is -3.61. The number of nitrogens with one attached hydrogen (secondary N) is 3. The molecule has 0 spiro atoms. The number of anilines is 4. The first-order valence-corrected chi connectivity index (χ1v) is 10.7. The van der Waals surface area contributed by atoms with Gasteiger partial charge in [0, 0.05) is 24.0 Å². The second kappa shape index (κ2) is 8.87. The molecule has 0 aliphatic heterocycles. The van der Waals surface area contributed by atoms with Crippen LogP contribution in [-0.4, -0.2) is 24.9 Å².